The first-order valence-corrected chi connectivity index (χ1v) is 17.2. The maximum atomic E-state index is 13.5. The SMILES string of the molecule is O=C1C[C@@H](COCc2ccccc2)O[C@@]2(CCC[C@@H](COC(=O)[C@H](Cc3ccco3)NC(=O)OCC3c4ccccc4-c4ccccc43)O2)C1. The summed E-state index contributed by atoms with van der Waals surface area (Å²) in [5.74, 6) is -1.30. The van der Waals surface area contributed by atoms with E-state index in [-0.39, 0.29) is 50.8 Å². The van der Waals surface area contributed by atoms with E-state index in [0.717, 1.165) is 34.2 Å². The van der Waals surface area contributed by atoms with Crippen LogP contribution in [0, 0.1) is 0 Å². The van der Waals surface area contributed by atoms with Gasteiger partial charge in [-0.15, -0.1) is 0 Å². The van der Waals surface area contributed by atoms with Crippen LogP contribution in [0.15, 0.2) is 102 Å². The normalized spacial score (nSPS) is 22.0. The van der Waals surface area contributed by atoms with Gasteiger partial charge in [0.1, 0.15) is 30.8 Å². The first-order chi connectivity index (χ1) is 24.4. The molecule has 1 amide bonds. The average molecular weight is 680 g/mol. The van der Waals surface area contributed by atoms with Crippen LogP contribution in [0.4, 0.5) is 4.79 Å². The van der Waals surface area contributed by atoms with Gasteiger partial charge in [0.2, 0.25) is 0 Å². The lowest BCUT2D eigenvalue weighted by Crippen LogP contribution is -2.52. The van der Waals surface area contributed by atoms with Gasteiger partial charge in [0.15, 0.2) is 5.79 Å². The monoisotopic (exact) mass is 679 g/mol. The van der Waals surface area contributed by atoms with Crippen molar-refractivity contribution in [2.24, 2.45) is 0 Å². The minimum Gasteiger partial charge on any atom is -0.469 e. The van der Waals surface area contributed by atoms with Crippen molar-refractivity contribution in [3.63, 3.8) is 0 Å². The number of esters is 1. The summed E-state index contributed by atoms with van der Waals surface area (Å²) < 4.78 is 35.5. The molecule has 1 spiro atoms. The fourth-order valence-electron chi connectivity index (χ4n) is 7.22. The third-order valence-corrected chi connectivity index (χ3v) is 9.50. The Morgan fingerprint density at radius 2 is 1.54 bits per heavy atom. The quantitative estimate of drug-likeness (QED) is 0.167. The highest BCUT2D eigenvalue weighted by molar-refractivity contribution is 5.82. The van der Waals surface area contributed by atoms with Gasteiger partial charge >= 0.3 is 12.1 Å². The number of Topliss-reactive ketones (excluding diaryl/α,β-unsaturated/α-hetero) is 1. The largest absolute Gasteiger partial charge is 0.469 e. The molecule has 260 valence electrons. The summed E-state index contributed by atoms with van der Waals surface area (Å²) >= 11 is 0. The van der Waals surface area contributed by atoms with Gasteiger partial charge in [-0.1, -0.05) is 78.9 Å². The van der Waals surface area contributed by atoms with Crippen LogP contribution < -0.4 is 5.32 Å². The lowest BCUT2D eigenvalue weighted by Gasteiger charge is -2.45. The molecule has 3 heterocycles. The fourth-order valence-corrected chi connectivity index (χ4v) is 7.22. The third kappa shape index (κ3) is 7.99. The van der Waals surface area contributed by atoms with Gasteiger partial charge < -0.3 is 33.4 Å². The van der Waals surface area contributed by atoms with Crippen molar-refractivity contribution >= 4 is 17.8 Å². The average Bonchev–Trinajstić information content (AvgIpc) is 3.75. The van der Waals surface area contributed by atoms with E-state index >= 15 is 0 Å². The van der Waals surface area contributed by atoms with Crippen LogP contribution in [-0.4, -0.2) is 61.7 Å². The Bertz CT molecular complexity index is 1730. The summed E-state index contributed by atoms with van der Waals surface area (Å²) in [7, 11) is 0. The molecule has 4 aromatic rings. The van der Waals surface area contributed by atoms with E-state index in [0.29, 0.717) is 25.2 Å². The molecule has 10 heteroatoms. The lowest BCUT2D eigenvalue weighted by atomic mass is 9.92. The Morgan fingerprint density at radius 1 is 0.820 bits per heavy atom. The minimum atomic E-state index is -1.08. The highest BCUT2D eigenvalue weighted by atomic mass is 16.7. The molecular formula is C40H41NO9. The number of benzene rings is 3. The second kappa shape index (κ2) is 15.4. The van der Waals surface area contributed by atoms with E-state index in [9.17, 15) is 14.4 Å². The van der Waals surface area contributed by atoms with Gasteiger partial charge in [-0.2, -0.15) is 0 Å². The van der Waals surface area contributed by atoms with Crippen LogP contribution in [0.2, 0.25) is 0 Å². The number of carbonyl (C=O) groups excluding carboxylic acids is 3. The molecule has 1 aliphatic carbocycles. The van der Waals surface area contributed by atoms with E-state index in [2.05, 4.69) is 17.4 Å². The molecule has 1 N–H and O–H groups in total. The molecule has 3 aliphatic rings. The summed E-state index contributed by atoms with van der Waals surface area (Å²) in [6.45, 7) is 0.734. The molecule has 10 nitrogen and oxygen atoms in total. The van der Waals surface area contributed by atoms with Crippen LogP contribution in [0.25, 0.3) is 11.1 Å². The summed E-state index contributed by atoms with van der Waals surface area (Å²) in [4.78, 5) is 39.4. The number of hydrogen-bond acceptors (Lipinski definition) is 9. The molecule has 2 aliphatic heterocycles. The minimum absolute atomic E-state index is 0.0491. The van der Waals surface area contributed by atoms with Crippen LogP contribution >= 0.6 is 0 Å². The van der Waals surface area contributed by atoms with Gasteiger partial charge in [-0.25, -0.2) is 9.59 Å². The first kappa shape index (κ1) is 33.7. The number of nitrogens with one attached hydrogen (secondary N) is 1. The topological polar surface area (TPSA) is 123 Å². The van der Waals surface area contributed by atoms with Crippen molar-refractivity contribution < 1.29 is 42.5 Å². The molecule has 50 heavy (non-hydrogen) atoms. The highest BCUT2D eigenvalue weighted by Crippen LogP contribution is 2.44. The van der Waals surface area contributed by atoms with E-state index in [1.54, 1.807) is 12.1 Å². The Balaban J connectivity index is 0.938. The van der Waals surface area contributed by atoms with Crippen LogP contribution in [0.1, 0.15) is 60.5 Å². The molecular weight excluding hydrogens is 638 g/mol. The molecule has 7 rings (SSSR count). The summed E-state index contributed by atoms with van der Waals surface area (Å²) in [5, 5.41) is 2.69. The molecule has 0 unspecified atom stereocenters. The van der Waals surface area contributed by atoms with Crippen molar-refractivity contribution in [3.05, 3.63) is 120 Å². The molecule has 3 aromatic carbocycles. The number of amides is 1. The number of ketones is 1. The number of fused-ring (bicyclic) bond motifs is 3. The predicted molar refractivity (Wildman–Crippen MR) is 182 cm³/mol. The Kier molecular flexibility index (Phi) is 10.4. The van der Waals surface area contributed by atoms with Crippen molar-refractivity contribution in [2.75, 3.05) is 19.8 Å². The number of alkyl carbamates (subject to hydrolysis) is 1. The zero-order valence-corrected chi connectivity index (χ0v) is 27.8. The highest BCUT2D eigenvalue weighted by Gasteiger charge is 2.46. The smallest absolute Gasteiger partial charge is 0.407 e. The first-order valence-electron chi connectivity index (χ1n) is 17.2. The Hall–Kier alpha value is -4.77. The van der Waals surface area contributed by atoms with Crippen molar-refractivity contribution in [1.82, 2.24) is 5.32 Å². The van der Waals surface area contributed by atoms with E-state index in [1.807, 2.05) is 66.7 Å². The van der Waals surface area contributed by atoms with Gasteiger partial charge in [-0.05, 0) is 52.8 Å². The lowest BCUT2D eigenvalue weighted by molar-refractivity contribution is -0.313. The number of rotatable bonds is 12. The molecule has 4 atom stereocenters. The zero-order chi connectivity index (χ0) is 34.3. The van der Waals surface area contributed by atoms with E-state index in [4.69, 9.17) is 28.1 Å². The molecule has 0 bridgehead atoms. The van der Waals surface area contributed by atoms with Crippen LogP contribution in [0.5, 0.6) is 0 Å². The van der Waals surface area contributed by atoms with Crippen molar-refractivity contribution in [2.45, 2.75) is 75.1 Å². The number of hydrogen-bond donors (Lipinski definition) is 1. The summed E-state index contributed by atoms with van der Waals surface area (Å²) in [5.41, 5.74) is 5.47. The molecule has 1 aromatic heterocycles. The number of carbonyl (C=O) groups is 3. The van der Waals surface area contributed by atoms with Crippen molar-refractivity contribution in [3.8, 4) is 11.1 Å². The maximum Gasteiger partial charge on any atom is 0.407 e. The molecule has 2 saturated heterocycles. The van der Waals surface area contributed by atoms with E-state index in [1.165, 1.54) is 6.26 Å². The second-order valence-electron chi connectivity index (χ2n) is 13.1. The third-order valence-electron chi connectivity index (χ3n) is 9.50. The second-order valence-corrected chi connectivity index (χ2v) is 13.1. The summed E-state index contributed by atoms with van der Waals surface area (Å²) in [6, 6.07) is 28.4. The van der Waals surface area contributed by atoms with Crippen LogP contribution in [-0.2, 0) is 46.3 Å². The van der Waals surface area contributed by atoms with Gasteiger partial charge in [0.25, 0.3) is 0 Å². The Labute approximate surface area is 291 Å². The molecule has 2 fully saturated rings. The van der Waals surface area contributed by atoms with Crippen LogP contribution in [0.3, 0.4) is 0 Å². The molecule has 0 radical (unpaired) electrons. The van der Waals surface area contributed by atoms with Crippen molar-refractivity contribution in [1.29, 1.82) is 0 Å². The number of furan rings is 1. The maximum absolute atomic E-state index is 13.5. The van der Waals surface area contributed by atoms with Gasteiger partial charge in [-0.3, -0.25) is 4.79 Å². The standard InChI is InChI=1S/C40H41NO9/c42-28-20-31(24-45-23-27-10-2-1-3-11-27)50-40(22-28)18-8-12-30(49-40)25-47-38(43)37(21-29-13-9-19-46-29)41-39(44)48-26-36-34-16-6-4-14-32(34)33-15-5-7-17-35(33)36/h1-7,9-11,13-17,19,30-31,36-37H,8,12,18,20-26H2,(H,41,44)/t30-,31-,37-,40-/m0/s1. The fraction of sp³-hybridized carbons (Fsp3) is 0.375. The number of ether oxygens (including phenoxy) is 5. The van der Waals surface area contributed by atoms with Gasteiger partial charge in [0, 0.05) is 25.2 Å². The van der Waals surface area contributed by atoms with E-state index < -0.39 is 36.1 Å². The zero-order valence-electron chi connectivity index (χ0n) is 27.8. The summed E-state index contributed by atoms with van der Waals surface area (Å²) in [6.07, 6.45) is 2.26. The Morgan fingerprint density at radius 3 is 2.28 bits per heavy atom. The van der Waals surface area contributed by atoms with Gasteiger partial charge in [0.05, 0.1) is 38.1 Å². The predicted octanol–water partition coefficient (Wildman–Crippen LogP) is 6.50. The molecule has 0 saturated carbocycles.